The first-order chi connectivity index (χ1) is 14.6. The van der Waals surface area contributed by atoms with Crippen LogP contribution in [0.4, 0.5) is 0 Å². The standard InChI is InChI=1S/C25H37N5/c1-16(2)30-24(14-18-3-4-18)22(15-28-30)23-11-12-27-25(29-23)21-10-7-19(21)13-17-5-8-20(26)9-6-17/h11-12,15-21H,3-10,13-14,26H2,1-2H3/t17-,19?,20-,21?. The smallest absolute Gasteiger partial charge is 0.132 e. The number of nitrogens with two attached hydrogens (primary N) is 1. The maximum Gasteiger partial charge on any atom is 0.132 e. The molecule has 3 saturated carbocycles. The van der Waals surface area contributed by atoms with Gasteiger partial charge in [0.2, 0.25) is 0 Å². The zero-order valence-electron chi connectivity index (χ0n) is 18.6. The molecule has 0 saturated heterocycles. The Morgan fingerprint density at radius 1 is 1.03 bits per heavy atom. The normalized spacial score (nSPS) is 29.2. The fourth-order valence-electron chi connectivity index (χ4n) is 5.59. The number of nitrogens with zero attached hydrogens (tertiary/aromatic N) is 4. The van der Waals surface area contributed by atoms with E-state index in [0.29, 0.717) is 18.0 Å². The minimum Gasteiger partial charge on any atom is -0.328 e. The highest BCUT2D eigenvalue weighted by atomic mass is 15.3. The fourth-order valence-corrected chi connectivity index (χ4v) is 5.59. The lowest BCUT2D eigenvalue weighted by atomic mass is 9.67. The van der Waals surface area contributed by atoms with E-state index in [1.54, 1.807) is 0 Å². The van der Waals surface area contributed by atoms with Crippen molar-refractivity contribution in [3.05, 3.63) is 30.0 Å². The van der Waals surface area contributed by atoms with Crippen molar-refractivity contribution in [2.45, 2.75) is 96.1 Å². The van der Waals surface area contributed by atoms with E-state index in [4.69, 9.17) is 20.8 Å². The Balaban J connectivity index is 1.33. The fraction of sp³-hybridized carbons (Fsp3) is 0.720. The van der Waals surface area contributed by atoms with Crippen LogP contribution < -0.4 is 5.73 Å². The molecule has 0 aliphatic heterocycles. The van der Waals surface area contributed by atoms with Gasteiger partial charge >= 0.3 is 0 Å². The van der Waals surface area contributed by atoms with Gasteiger partial charge in [-0.1, -0.05) is 0 Å². The van der Waals surface area contributed by atoms with Crippen LogP contribution in [0.2, 0.25) is 0 Å². The van der Waals surface area contributed by atoms with Crippen LogP contribution in [-0.4, -0.2) is 25.8 Å². The Morgan fingerprint density at radius 3 is 2.47 bits per heavy atom. The third kappa shape index (κ3) is 4.18. The Hall–Kier alpha value is -1.75. The highest BCUT2D eigenvalue weighted by Gasteiger charge is 2.36. The number of rotatable bonds is 7. The van der Waals surface area contributed by atoms with Crippen molar-refractivity contribution in [2.75, 3.05) is 0 Å². The molecule has 5 nitrogen and oxygen atoms in total. The molecule has 2 heterocycles. The topological polar surface area (TPSA) is 69.6 Å². The number of hydrogen-bond acceptors (Lipinski definition) is 4. The predicted molar refractivity (Wildman–Crippen MR) is 120 cm³/mol. The lowest BCUT2D eigenvalue weighted by Gasteiger charge is -2.39. The van der Waals surface area contributed by atoms with Gasteiger partial charge in [0.25, 0.3) is 0 Å². The SMILES string of the molecule is CC(C)n1ncc(-c2ccnc(C3CCC3C[C@H]3CC[C@H](N)CC3)n2)c1CC1CC1. The molecule has 2 unspecified atom stereocenters. The summed E-state index contributed by atoms with van der Waals surface area (Å²) in [4.78, 5) is 9.83. The largest absolute Gasteiger partial charge is 0.328 e. The summed E-state index contributed by atoms with van der Waals surface area (Å²) in [5.41, 5.74) is 9.75. The molecule has 0 spiro atoms. The van der Waals surface area contributed by atoms with E-state index in [-0.39, 0.29) is 0 Å². The van der Waals surface area contributed by atoms with Gasteiger partial charge in [-0.3, -0.25) is 4.68 Å². The molecule has 0 radical (unpaired) electrons. The molecule has 162 valence electrons. The highest BCUT2D eigenvalue weighted by Crippen LogP contribution is 2.46. The average molecular weight is 408 g/mol. The van der Waals surface area contributed by atoms with E-state index in [1.807, 2.05) is 12.4 Å². The van der Waals surface area contributed by atoms with Crippen molar-refractivity contribution >= 4 is 0 Å². The predicted octanol–water partition coefficient (Wildman–Crippen LogP) is 5.27. The molecule has 3 fully saturated rings. The van der Waals surface area contributed by atoms with E-state index in [1.165, 1.54) is 69.0 Å². The molecule has 0 aromatic carbocycles. The summed E-state index contributed by atoms with van der Waals surface area (Å²) in [7, 11) is 0. The van der Waals surface area contributed by atoms with Gasteiger partial charge in [-0.15, -0.1) is 0 Å². The van der Waals surface area contributed by atoms with Crippen molar-refractivity contribution in [3.63, 3.8) is 0 Å². The Bertz CT molecular complexity index is 860. The zero-order chi connectivity index (χ0) is 20.7. The summed E-state index contributed by atoms with van der Waals surface area (Å²) >= 11 is 0. The van der Waals surface area contributed by atoms with Crippen LogP contribution in [-0.2, 0) is 6.42 Å². The van der Waals surface area contributed by atoms with E-state index in [2.05, 4.69) is 24.6 Å². The molecule has 0 amide bonds. The average Bonchev–Trinajstić information content (AvgIpc) is 3.43. The molecule has 3 aliphatic carbocycles. The van der Waals surface area contributed by atoms with Crippen LogP contribution in [0.1, 0.15) is 95.1 Å². The van der Waals surface area contributed by atoms with Gasteiger partial charge in [-0.2, -0.15) is 5.10 Å². The van der Waals surface area contributed by atoms with Crippen LogP contribution in [0.5, 0.6) is 0 Å². The Morgan fingerprint density at radius 2 is 1.80 bits per heavy atom. The van der Waals surface area contributed by atoms with Crippen LogP contribution in [0.3, 0.4) is 0 Å². The van der Waals surface area contributed by atoms with Gasteiger partial charge in [-0.05, 0) is 102 Å². The summed E-state index contributed by atoms with van der Waals surface area (Å²) in [6, 6.07) is 2.90. The first kappa shape index (κ1) is 20.2. The maximum absolute atomic E-state index is 6.10. The lowest BCUT2D eigenvalue weighted by Crippen LogP contribution is -2.31. The second kappa shape index (κ2) is 8.41. The summed E-state index contributed by atoms with van der Waals surface area (Å²) < 4.78 is 2.20. The number of hydrogen-bond donors (Lipinski definition) is 1. The molecular formula is C25H37N5. The van der Waals surface area contributed by atoms with Crippen molar-refractivity contribution in [3.8, 4) is 11.3 Å². The van der Waals surface area contributed by atoms with Crippen LogP contribution >= 0.6 is 0 Å². The molecule has 2 atom stereocenters. The van der Waals surface area contributed by atoms with Crippen molar-refractivity contribution in [2.24, 2.45) is 23.5 Å². The molecule has 2 aromatic heterocycles. The minimum atomic E-state index is 0.383. The van der Waals surface area contributed by atoms with Gasteiger partial charge in [0, 0.05) is 35.5 Å². The molecule has 30 heavy (non-hydrogen) atoms. The summed E-state index contributed by atoms with van der Waals surface area (Å²) in [5.74, 6) is 4.04. The maximum atomic E-state index is 6.10. The second-order valence-electron chi connectivity index (χ2n) is 10.5. The first-order valence-corrected chi connectivity index (χ1v) is 12.2. The molecule has 3 aliphatic rings. The van der Waals surface area contributed by atoms with E-state index < -0.39 is 0 Å². The van der Waals surface area contributed by atoms with Crippen LogP contribution in [0.25, 0.3) is 11.3 Å². The van der Waals surface area contributed by atoms with Gasteiger partial charge in [0.05, 0.1) is 11.9 Å². The van der Waals surface area contributed by atoms with Gasteiger partial charge in [-0.25, -0.2) is 9.97 Å². The van der Waals surface area contributed by atoms with Crippen LogP contribution in [0.15, 0.2) is 18.5 Å². The minimum absolute atomic E-state index is 0.383. The van der Waals surface area contributed by atoms with Crippen molar-refractivity contribution in [1.82, 2.24) is 19.7 Å². The number of aromatic nitrogens is 4. The third-order valence-corrected chi connectivity index (χ3v) is 7.79. The third-order valence-electron chi connectivity index (χ3n) is 7.79. The second-order valence-corrected chi connectivity index (χ2v) is 10.5. The van der Waals surface area contributed by atoms with Gasteiger partial charge in [0.15, 0.2) is 0 Å². The summed E-state index contributed by atoms with van der Waals surface area (Å²) in [6.45, 7) is 4.44. The molecule has 2 aromatic rings. The van der Waals surface area contributed by atoms with Crippen molar-refractivity contribution < 1.29 is 0 Å². The zero-order valence-corrected chi connectivity index (χ0v) is 18.6. The summed E-state index contributed by atoms with van der Waals surface area (Å²) in [5, 5.41) is 4.73. The molecule has 5 rings (SSSR count). The van der Waals surface area contributed by atoms with Gasteiger partial charge in [0.1, 0.15) is 5.82 Å². The lowest BCUT2D eigenvalue weighted by molar-refractivity contribution is 0.171. The quantitative estimate of drug-likeness (QED) is 0.678. The van der Waals surface area contributed by atoms with E-state index in [0.717, 1.165) is 35.7 Å². The Labute approximate surface area is 180 Å². The summed E-state index contributed by atoms with van der Waals surface area (Å²) in [6.07, 6.45) is 16.8. The van der Waals surface area contributed by atoms with Crippen LogP contribution in [0, 0.1) is 17.8 Å². The molecular weight excluding hydrogens is 370 g/mol. The van der Waals surface area contributed by atoms with E-state index >= 15 is 0 Å². The molecule has 0 bridgehead atoms. The highest BCUT2D eigenvalue weighted by molar-refractivity contribution is 5.61. The van der Waals surface area contributed by atoms with Gasteiger partial charge < -0.3 is 5.73 Å². The van der Waals surface area contributed by atoms with Crippen molar-refractivity contribution in [1.29, 1.82) is 0 Å². The molecule has 5 heteroatoms. The first-order valence-electron chi connectivity index (χ1n) is 12.2. The monoisotopic (exact) mass is 407 g/mol. The molecule has 2 N–H and O–H groups in total. The Kier molecular flexibility index (Phi) is 5.65. The van der Waals surface area contributed by atoms with E-state index in [9.17, 15) is 0 Å².